The van der Waals surface area contributed by atoms with Crippen LogP contribution in [0.2, 0.25) is 0 Å². The smallest absolute Gasteiger partial charge is 0.410 e. The molecule has 1 spiro atoms. The Morgan fingerprint density at radius 3 is 1.87 bits per heavy atom. The number of benzene rings is 6. The van der Waals surface area contributed by atoms with Crippen LogP contribution >= 0.6 is 0 Å². The summed E-state index contributed by atoms with van der Waals surface area (Å²) in [5, 5.41) is 6.29. The average molecular weight is 727 g/mol. The summed E-state index contributed by atoms with van der Waals surface area (Å²) in [7, 11) is 0. The largest absolute Gasteiger partial charge is 0.445 e. The van der Waals surface area contributed by atoms with E-state index in [1.807, 2.05) is 102 Å². The molecule has 7 aromatic rings. The number of fused-ring (bicyclic) bond motifs is 1. The summed E-state index contributed by atoms with van der Waals surface area (Å²) in [6, 6.07) is 53.2. The zero-order chi connectivity index (χ0) is 37.4. The molecule has 9 rings (SSSR count). The third-order valence-corrected chi connectivity index (χ3v) is 11.3. The first-order valence-corrected chi connectivity index (χ1v) is 18.7. The van der Waals surface area contributed by atoms with Crippen molar-refractivity contribution >= 4 is 28.6 Å². The SMILES string of the molecule is O=C(OCc1ccccc1)N1CC[C@]2(CCN(c3ccc4c(c3)c(-c3ccc(F)cc3)nn4C(c3ccccc3)(c3ccccc3)c3ccccc3)C2=O)C1. The Morgan fingerprint density at radius 2 is 1.27 bits per heavy atom. The van der Waals surface area contributed by atoms with Gasteiger partial charge >= 0.3 is 6.09 Å². The summed E-state index contributed by atoms with van der Waals surface area (Å²) in [6.07, 6.45) is 0.816. The number of carbonyl (C=O) groups is 2. The van der Waals surface area contributed by atoms with Crippen LogP contribution in [0.25, 0.3) is 22.2 Å². The average Bonchev–Trinajstić information content (AvgIpc) is 3.95. The van der Waals surface area contributed by atoms with Crippen LogP contribution in [0.4, 0.5) is 14.9 Å². The molecule has 3 heterocycles. The van der Waals surface area contributed by atoms with Crippen molar-refractivity contribution in [1.29, 1.82) is 0 Å². The molecule has 2 saturated heterocycles. The Bertz CT molecular complexity index is 2380. The predicted molar refractivity (Wildman–Crippen MR) is 212 cm³/mol. The summed E-state index contributed by atoms with van der Waals surface area (Å²) in [6.45, 7) is 1.51. The van der Waals surface area contributed by atoms with E-state index in [0.717, 1.165) is 44.4 Å². The van der Waals surface area contributed by atoms with Gasteiger partial charge in [0, 0.05) is 36.3 Å². The highest BCUT2D eigenvalue weighted by molar-refractivity contribution is 6.04. The molecule has 7 nitrogen and oxygen atoms in total. The lowest BCUT2D eigenvalue weighted by Gasteiger charge is -2.37. The van der Waals surface area contributed by atoms with Gasteiger partial charge in [0.2, 0.25) is 5.91 Å². The van der Waals surface area contributed by atoms with Gasteiger partial charge < -0.3 is 14.5 Å². The first-order valence-electron chi connectivity index (χ1n) is 18.7. The molecule has 0 saturated carbocycles. The standard InChI is InChI=1S/C47H39FN4O3/c48-39-23-21-35(22-24-39)43-41-31-40(51-30-28-46(44(51)53)27-29-50(33-46)45(54)55-32-34-13-5-1-6-14-34)25-26-42(41)52(49-43)47(36-15-7-2-8-16-36,37-17-9-3-10-18-37)38-19-11-4-12-20-38/h1-26,31H,27-30,32-33H2/t46-/m0/s1. The number of amides is 2. The monoisotopic (exact) mass is 726 g/mol. The highest BCUT2D eigenvalue weighted by Crippen LogP contribution is 2.46. The van der Waals surface area contributed by atoms with Crippen LogP contribution in [0, 0.1) is 11.2 Å². The molecule has 272 valence electrons. The van der Waals surface area contributed by atoms with E-state index in [9.17, 15) is 14.0 Å². The first kappa shape index (κ1) is 34.2. The van der Waals surface area contributed by atoms with Crippen molar-refractivity contribution in [2.45, 2.75) is 25.0 Å². The Hall–Kier alpha value is -6.54. The molecule has 0 unspecified atom stereocenters. The maximum Gasteiger partial charge on any atom is 0.410 e. The molecule has 6 aromatic carbocycles. The first-order chi connectivity index (χ1) is 27.0. The highest BCUT2D eigenvalue weighted by Gasteiger charge is 2.52. The van der Waals surface area contributed by atoms with E-state index in [1.165, 1.54) is 12.1 Å². The fourth-order valence-corrected chi connectivity index (χ4v) is 8.54. The number of ether oxygens (including phenoxy) is 1. The van der Waals surface area contributed by atoms with Crippen molar-refractivity contribution < 1.29 is 18.7 Å². The fourth-order valence-electron chi connectivity index (χ4n) is 8.54. The fraction of sp³-hybridized carbons (Fsp3) is 0.170. The number of rotatable bonds is 8. The molecule has 2 aliphatic rings. The van der Waals surface area contributed by atoms with Crippen LogP contribution in [0.1, 0.15) is 35.1 Å². The van der Waals surface area contributed by atoms with Crippen molar-refractivity contribution in [3.05, 3.63) is 192 Å². The second-order valence-electron chi connectivity index (χ2n) is 14.5. The Morgan fingerprint density at radius 1 is 0.709 bits per heavy atom. The zero-order valence-corrected chi connectivity index (χ0v) is 30.2. The van der Waals surface area contributed by atoms with Gasteiger partial charge in [-0.2, -0.15) is 5.10 Å². The van der Waals surface area contributed by atoms with E-state index in [4.69, 9.17) is 9.84 Å². The molecule has 8 heteroatoms. The van der Waals surface area contributed by atoms with E-state index in [-0.39, 0.29) is 18.3 Å². The number of hydrogen-bond donors (Lipinski definition) is 0. The van der Waals surface area contributed by atoms with Crippen LogP contribution < -0.4 is 4.90 Å². The van der Waals surface area contributed by atoms with Gasteiger partial charge in [0.25, 0.3) is 0 Å². The normalized spacial score (nSPS) is 17.0. The van der Waals surface area contributed by atoms with Gasteiger partial charge in [0.05, 0.1) is 10.9 Å². The second-order valence-corrected chi connectivity index (χ2v) is 14.5. The molecule has 55 heavy (non-hydrogen) atoms. The third-order valence-electron chi connectivity index (χ3n) is 11.3. The minimum Gasteiger partial charge on any atom is -0.445 e. The van der Waals surface area contributed by atoms with Crippen molar-refractivity contribution in [1.82, 2.24) is 14.7 Å². The van der Waals surface area contributed by atoms with Crippen molar-refractivity contribution in [3.63, 3.8) is 0 Å². The van der Waals surface area contributed by atoms with Gasteiger partial charge in [-0.05, 0) is 77.6 Å². The summed E-state index contributed by atoms with van der Waals surface area (Å²) >= 11 is 0. The van der Waals surface area contributed by atoms with E-state index in [1.54, 1.807) is 17.0 Å². The number of halogens is 1. The van der Waals surface area contributed by atoms with Gasteiger partial charge in [0.1, 0.15) is 23.7 Å². The molecule has 2 fully saturated rings. The van der Waals surface area contributed by atoms with E-state index in [0.29, 0.717) is 38.2 Å². The molecular weight excluding hydrogens is 688 g/mol. The molecular formula is C47H39FN4O3. The zero-order valence-electron chi connectivity index (χ0n) is 30.2. The van der Waals surface area contributed by atoms with Crippen LogP contribution in [0.3, 0.4) is 0 Å². The molecule has 2 amide bonds. The summed E-state index contributed by atoms with van der Waals surface area (Å²) < 4.78 is 22.0. The van der Waals surface area contributed by atoms with Gasteiger partial charge in [-0.1, -0.05) is 121 Å². The molecule has 0 radical (unpaired) electrons. The summed E-state index contributed by atoms with van der Waals surface area (Å²) in [5.41, 5.74) is 5.48. The third kappa shape index (κ3) is 5.94. The van der Waals surface area contributed by atoms with Crippen molar-refractivity contribution in [3.8, 4) is 11.3 Å². The van der Waals surface area contributed by atoms with Crippen molar-refractivity contribution in [2.75, 3.05) is 24.5 Å². The number of nitrogens with zero attached hydrogens (tertiary/aromatic N) is 4. The quantitative estimate of drug-likeness (QED) is 0.146. The second kappa shape index (κ2) is 14.0. The van der Waals surface area contributed by atoms with Crippen LogP contribution in [0.15, 0.2) is 164 Å². The summed E-state index contributed by atoms with van der Waals surface area (Å²) in [5.74, 6) is -0.323. The van der Waals surface area contributed by atoms with Gasteiger partial charge in [-0.3, -0.25) is 4.79 Å². The molecule has 0 aliphatic carbocycles. The lowest BCUT2D eigenvalue weighted by atomic mass is 9.77. The van der Waals surface area contributed by atoms with Crippen LogP contribution in [0.5, 0.6) is 0 Å². The maximum atomic E-state index is 14.4. The van der Waals surface area contributed by atoms with E-state index < -0.39 is 17.0 Å². The number of likely N-dealkylation sites (tertiary alicyclic amines) is 1. The van der Waals surface area contributed by atoms with Gasteiger partial charge in [0.15, 0.2) is 0 Å². The van der Waals surface area contributed by atoms with E-state index >= 15 is 0 Å². The molecule has 2 aliphatic heterocycles. The highest BCUT2D eigenvalue weighted by atomic mass is 19.1. The van der Waals surface area contributed by atoms with Crippen LogP contribution in [-0.4, -0.2) is 46.3 Å². The Kier molecular flexibility index (Phi) is 8.73. The predicted octanol–water partition coefficient (Wildman–Crippen LogP) is 9.45. The topological polar surface area (TPSA) is 67.7 Å². The number of aromatic nitrogens is 2. The lowest BCUT2D eigenvalue weighted by molar-refractivity contribution is -0.124. The Balaban J connectivity index is 1.14. The Labute approximate surface area is 319 Å². The lowest BCUT2D eigenvalue weighted by Crippen LogP contribution is -2.39. The van der Waals surface area contributed by atoms with Gasteiger partial charge in [-0.25, -0.2) is 13.9 Å². The minimum atomic E-state index is -0.891. The van der Waals surface area contributed by atoms with Gasteiger partial charge in [-0.15, -0.1) is 0 Å². The van der Waals surface area contributed by atoms with Crippen molar-refractivity contribution in [2.24, 2.45) is 5.41 Å². The maximum absolute atomic E-state index is 14.4. The molecule has 1 aromatic heterocycles. The number of hydrogen-bond acceptors (Lipinski definition) is 4. The van der Waals surface area contributed by atoms with Crippen LogP contribution in [-0.2, 0) is 21.7 Å². The molecule has 0 bridgehead atoms. The molecule has 1 atom stereocenters. The summed E-state index contributed by atoms with van der Waals surface area (Å²) in [4.78, 5) is 31.0. The van der Waals surface area contributed by atoms with E-state index in [2.05, 4.69) is 47.1 Å². The number of anilines is 1. The number of carbonyl (C=O) groups excluding carboxylic acids is 2. The minimum absolute atomic E-state index is 0.00753. The molecule has 0 N–H and O–H groups in total.